The number of fused-ring (bicyclic) bond motifs is 1. The van der Waals surface area contributed by atoms with Gasteiger partial charge in [0.25, 0.3) is 11.8 Å². The van der Waals surface area contributed by atoms with Crippen LogP contribution in [0.3, 0.4) is 0 Å². The van der Waals surface area contributed by atoms with Crippen molar-refractivity contribution >= 4 is 44.3 Å². The molecule has 0 bridgehead atoms. The molecule has 2 unspecified atom stereocenters. The Morgan fingerprint density at radius 2 is 1.81 bits per heavy atom. The fourth-order valence-corrected chi connectivity index (χ4v) is 7.41. The van der Waals surface area contributed by atoms with Crippen molar-refractivity contribution in [1.82, 2.24) is 9.21 Å². The first-order chi connectivity index (χ1) is 17.5. The molecule has 1 aromatic carbocycles. The molecule has 0 aliphatic carbocycles. The maximum atomic E-state index is 13.1. The van der Waals surface area contributed by atoms with Crippen LogP contribution in [0.5, 0.6) is 0 Å². The summed E-state index contributed by atoms with van der Waals surface area (Å²) < 4.78 is 38.2. The zero-order valence-corrected chi connectivity index (χ0v) is 22.5. The second-order valence-corrected chi connectivity index (χ2v) is 12.0. The second-order valence-electron chi connectivity index (χ2n) is 9.00. The van der Waals surface area contributed by atoms with Gasteiger partial charge in [-0.25, -0.2) is 13.2 Å². The summed E-state index contributed by atoms with van der Waals surface area (Å²) in [6.07, 6.45) is -0.471. The Labute approximate surface area is 219 Å². The average molecular weight is 551 g/mol. The molecule has 1 fully saturated rings. The Hall–Kier alpha value is -3.00. The van der Waals surface area contributed by atoms with Gasteiger partial charge in [-0.3, -0.25) is 9.59 Å². The standard InChI is InChI=1S/C24H30N4O7S2/c1-4-34-24(31)27-10-9-18-19(13-27)36-23(20(18)21(25)29)26-22(30)16-5-7-17(8-6-16)37(32,33)28-11-14(2)35-15(3)12-28/h5-8,14-15H,4,9-13H2,1-3H3,(H2,25,29)(H,26,30). The maximum absolute atomic E-state index is 13.1. The Morgan fingerprint density at radius 3 is 2.41 bits per heavy atom. The Morgan fingerprint density at radius 1 is 1.16 bits per heavy atom. The highest BCUT2D eigenvalue weighted by Gasteiger charge is 2.33. The minimum Gasteiger partial charge on any atom is -0.450 e. The van der Waals surface area contributed by atoms with E-state index in [1.54, 1.807) is 6.92 Å². The number of nitrogens with zero attached hydrogens (tertiary/aromatic N) is 2. The number of nitrogens with one attached hydrogen (secondary N) is 1. The SMILES string of the molecule is CCOC(=O)N1CCc2c(sc(NC(=O)c3ccc(S(=O)(=O)N4CC(C)OC(C)C4)cc3)c2C(N)=O)C1. The largest absolute Gasteiger partial charge is 0.450 e. The van der Waals surface area contributed by atoms with Crippen LogP contribution in [-0.2, 0) is 32.5 Å². The molecule has 1 saturated heterocycles. The zero-order valence-electron chi connectivity index (χ0n) is 20.9. The van der Waals surface area contributed by atoms with E-state index in [0.29, 0.717) is 23.5 Å². The fraction of sp³-hybridized carbons (Fsp3) is 0.458. The van der Waals surface area contributed by atoms with Gasteiger partial charge in [0.1, 0.15) is 5.00 Å². The summed E-state index contributed by atoms with van der Waals surface area (Å²) in [5.41, 5.74) is 6.79. The molecule has 3 heterocycles. The first-order valence-electron chi connectivity index (χ1n) is 11.9. The second kappa shape index (κ2) is 10.8. The van der Waals surface area contributed by atoms with E-state index < -0.39 is 27.9 Å². The lowest BCUT2D eigenvalue weighted by Gasteiger charge is -2.34. The van der Waals surface area contributed by atoms with Crippen LogP contribution in [0.15, 0.2) is 29.2 Å². The number of nitrogens with two attached hydrogens (primary N) is 1. The lowest BCUT2D eigenvalue weighted by Crippen LogP contribution is -2.48. The van der Waals surface area contributed by atoms with Gasteiger partial charge in [0.05, 0.1) is 35.8 Å². The van der Waals surface area contributed by atoms with Crippen molar-refractivity contribution in [2.75, 3.05) is 31.6 Å². The first-order valence-corrected chi connectivity index (χ1v) is 14.2. The normalized spacial score (nSPS) is 20.2. The number of hydrogen-bond acceptors (Lipinski definition) is 8. The number of thiophene rings is 1. The van der Waals surface area contributed by atoms with E-state index in [0.717, 1.165) is 4.88 Å². The van der Waals surface area contributed by atoms with E-state index in [9.17, 15) is 22.8 Å². The van der Waals surface area contributed by atoms with Crippen LogP contribution in [0.4, 0.5) is 9.80 Å². The number of primary amides is 1. The molecular weight excluding hydrogens is 520 g/mol. The topological polar surface area (TPSA) is 148 Å². The van der Waals surface area contributed by atoms with Crippen LogP contribution < -0.4 is 11.1 Å². The number of hydrogen-bond donors (Lipinski definition) is 2. The first kappa shape index (κ1) is 27.0. The van der Waals surface area contributed by atoms with Crippen molar-refractivity contribution in [2.45, 2.75) is 50.8 Å². The van der Waals surface area contributed by atoms with Gasteiger partial charge in [0.15, 0.2) is 0 Å². The molecule has 3 amide bonds. The van der Waals surface area contributed by atoms with Gasteiger partial charge >= 0.3 is 6.09 Å². The van der Waals surface area contributed by atoms with Crippen LogP contribution in [0.2, 0.25) is 0 Å². The number of carbonyl (C=O) groups is 3. The van der Waals surface area contributed by atoms with Gasteiger partial charge in [-0.2, -0.15) is 4.31 Å². The van der Waals surface area contributed by atoms with Crippen molar-refractivity contribution in [1.29, 1.82) is 0 Å². The average Bonchev–Trinajstić information content (AvgIpc) is 3.20. The third kappa shape index (κ3) is 5.64. The van der Waals surface area contributed by atoms with Crippen LogP contribution in [0.25, 0.3) is 0 Å². The summed E-state index contributed by atoms with van der Waals surface area (Å²) >= 11 is 1.18. The third-order valence-electron chi connectivity index (χ3n) is 6.20. The lowest BCUT2D eigenvalue weighted by molar-refractivity contribution is -0.0440. The summed E-state index contributed by atoms with van der Waals surface area (Å²) in [6, 6.07) is 5.63. The van der Waals surface area contributed by atoms with E-state index in [2.05, 4.69) is 5.32 Å². The number of anilines is 1. The summed E-state index contributed by atoms with van der Waals surface area (Å²) in [5, 5.41) is 3.03. The molecule has 11 nitrogen and oxygen atoms in total. The quantitative estimate of drug-likeness (QED) is 0.561. The Balaban J connectivity index is 1.52. The van der Waals surface area contributed by atoms with Gasteiger partial charge in [0.2, 0.25) is 10.0 Å². The molecule has 2 aliphatic rings. The Kier molecular flexibility index (Phi) is 7.88. The highest BCUT2D eigenvalue weighted by atomic mass is 32.2. The molecule has 1 aromatic heterocycles. The van der Waals surface area contributed by atoms with Crippen LogP contribution in [0, 0.1) is 0 Å². The molecule has 0 spiro atoms. The van der Waals surface area contributed by atoms with Crippen LogP contribution in [0.1, 0.15) is 51.9 Å². The summed E-state index contributed by atoms with van der Waals surface area (Å²) in [5.74, 6) is -1.19. The molecule has 13 heteroatoms. The molecule has 4 rings (SSSR count). The molecule has 2 aromatic rings. The van der Waals surface area contributed by atoms with E-state index in [4.69, 9.17) is 15.2 Å². The number of ether oxygens (including phenoxy) is 2. The van der Waals surface area contributed by atoms with Crippen LogP contribution in [-0.4, -0.2) is 74.0 Å². The zero-order chi connectivity index (χ0) is 26.9. The predicted octanol–water partition coefficient (Wildman–Crippen LogP) is 2.41. The number of morpholine rings is 1. The Bertz CT molecular complexity index is 1300. The van der Waals surface area contributed by atoms with Gasteiger partial charge in [-0.1, -0.05) is 0 Å². The minimum atomic E-state index is -3.75. The highest BCUT2D eigenvalue weighted by molar-refractivity contribution is 7.89. The molecule has 0 saturated carbocycles. The van der Waals surface area contributed by atoms with Gasteiger partial charge in [-0.15, -0.1) is 11.3 Å². The third-order valence-corrected chi connectivity index (χ3v) is 9.17. The van der Waals surface area contributed by atoms with Gasteiger partial charge in [-0.05, 0) is 57.0 Å². The minimum absolute atomic E-state index is 0.0776. The van der Waals surface area contributed by atoms with Gasteiger partial charge in [0, 0.05) is 30.1 Å². The molecular formula is C24H30N4O7S2. The van der Waals surface area contributed by atoms with Crippen molar-refractivity contribution in [3.8, 4) is 0 Å². The summed E-state index contributed by atoms with van der Waals surface area (Å²) in [6.45, 7) is 6.75. The van der Waals surface area contributed by atoms with Crippen molar-refractivity contribution in [2.24, 2.45) is 5.73 Å². The molecule has 3 N–H and O–H groups in total. The highest BCUT2D eigenvalue weighted by Crippen LogP contribution is 2.37. The maximum Gasteiger partial charge on any atom is 0.410 e. The number of amides is 3. The summed E-state index contributed by atoms with van der Waals surface area (Å²) in [7, 11) is -3.75. The predicted molar refractivity (Wildman–Crippen MR) is 137 cm³/mol. The molecule has 2 aliphatic heterocycles. The van der Waals surface area contributed by atoms with Crippen molar-refractivity contribution in [3.63, 3.8) is 0 Å². The lowest BCUT2D eigenvalue weighted by atomic mass is 10.0. The van der Waals surface area contributed by atoms with Crippen LogP contribution >= 0.6 is 11.3 Å². The summed E-state index contributed by atoms with van der Waals surface area (Å²) in [4.78, 5) is 39.7. The number of carbonyl (C=O) groups excluding carboxylic acids is 3. The van der Waals surface area contributed by atoms with Crippen molar-refractivity contribution < 1.29 is 32.3 Å². The molecule has 37 heavy (non-hydrogen) atoms. The van der Waals surface area contributed by atoms with E-state index in [1.165, 1.54) is 44.8 Å². The van der Waals surface area contributed by atoms with E-state index in [1.807, 2.05) is 13.8 Å². The number of sulfonamides is 1. The number of benzene rings is 1. The molecule has 2 atom stereocenters. The molecule has 200 valence electrons. The van der Waals surface area contributed by atoms with Gasteiger partial charge < -0.3 is 25.4 Å². The number of rotatable bonds is 6. The van der Waals surface area contributed by atoms with E-state index in [-0.39, 0.29) is 54.5 Å². The molecule has 0 radical (unpaired) electrons. The fourth-order valence-electron chi connectivity index (χ4n) is 4.55. The monoisotopic (exact) mass is 550 g/mol. The van der Waals surface area contributed by atoms with Crippen molar-refractivity contribution in [3.05, 3.63) is 45.8 Å². The smallest absolute Gasteiger partial charge is 0.410 e. The van der Waals surface area contributed by atoms with E-state index >= 15 is 0 Å².